The maximum atomic E-state index is 14.6. The molecule has 7 rings (SSSR count). The quantitative estimate of drug-likeness (QED) is 0.225. The number of halogens is 1. The molecule has 0 unspecified atom stereocenters. The summed E-state index contributed by atoms with van der Waals surface area (Å²) >= 11 is 0. The number of benzene rings is 2. The van der Waals surface area contributed by atoms with Crippen LogP contribution < -0.4 is 4.72 Å². The van der Waals surface area contributed by atoms with Gasteiger partial charge in [-0.1, -0.05) is 12.1 Å². The van der Waals surface area contributed by atoms with Crippen molar-refractivity contribution in [2.24, 2.45) is 0 Å². The van der Waals surface area contributed by atoms with Gasteiger partial charge in [-0.3, -0.25) is 20.0 Å². The number of nitrogens with one attached hydrogen (secondary N) is 3. The zero-order valence-corrected chi connectivity index (χ0v) is 24.2. The SMILES string of the molecule is CS(=O)(=O)NCc1cc(F)cc(-c2cccc3[nH]c(-c4n[nH]c5cnc(-c6cncc(CN7CCCC7)c6)cc45)nc23)c1. The van der Waals surface area contributed by atoms with Crippen LogP contribution in [0.2, 0.25) is 0 Å². The van der Waals surface area contributed by atoms with Gasteiger partial charge >= 0.3 is 0 Å². The summed E-state index contributed by atoms with van der Waals surface area (Å²) in [7, 11) is -3.42. The third kappa shape index (κ3) is 5.76. The van der Waals surface area contributed by atoms with Crippen molar-refractivity contribution in [3.8, 4) is 33.9 Å². The number of sulfonamides is 1. The lowest BCUT2D eigenvalue weighted by Gasteiger charge is -2.14. The van der Waals surface area contributed by atoms with Crippen molar-refractivity contribution in [1.82, 2.24) is 39.8 Å². The molecule has 10 nitrogen and oxygen atoms in total. The molecule has 4 aromatic heterocycles. The lowest BCUT2D eigenvalue weighted by atomic mass is 10.0. The molecule has 218 valence electrons. The molecule has 0 atom stereocenters. The molecular weight excluding hydrogens is 567 g/mol. The second-order valence-electron chi connectivity index (χ2n) is 11.0. The molecule has 3 N–H and O–H groups in total. The summed E-state index contributed by atoms with van der Waals surface area (Å²) in [5.74, 6) is 0.0926. The Balaban J connectivity index is 1.24. The first-order chi connectivity index (χ1) is 20.8. The number of likely N-dealkylation sites (tertiary alicyclic amines) is 1. The summed E-state index contributed by atoms with van der Waals surface area (Å²) in [6, 6.07) is 14.3. The highest BCUT2D eigenvalue weighted by atomic mass is 32.2. The van der Waals surface area contributed by atoms with Gasteiger partial charge in [0, 0.05) is 42.0 Å². The third-order valence-electron chi connectivity index (χ3n) is 7.69. The van der Waals surface area contributed by atoms with Gasteiger partial charge < -0.3 is 4.98 Å². The first kappa shape index (κ1) is 27.3. The lowest BCUT2D eigenvalue weighted by molar-refractivity contribution is 0.331. The van der Waals surface area contributed by atoms with Crippen molar-refractivity contribution < 1.29 is 12.8 Å². The van der Waals surface area contributed by atoms with Crippen LogP contribution in [0, 0.1) is 5.82 Å². The number of pyridine rings is 2. The maximum absolute atomic E-state index is 14.6. The number of imidazole rings is 1. The van der Waals surface area contributed by atoms with Gasteiger partial charge in [0.25, 0.3) is 0 Å². The Kier molecular flexibility index (Phi) is 6.96. The van der Waals surface area contributed by atoms with Crippen LogP contribution in [0.1, 0.15) is 24.0 Å². The predicted octanol–water partition coefficient (Wildman–Crippen LogP) is 5.01. The number of hydrogen-bond acceptors (Lipinski definition) is 7. The highest BCUT2D eigenvalue weighted by Crippen LogP contribution is 2.33. The molecule has 1 aliphatic heterocycles. The molecular formula is C31H29FN8O2S. The highest BCUT2D eigenvalue weighted by molar-refractivity contribution is 7.88. The highest BCUT2D eigenvalue weighted by Gasteiger charge is 2.18. The number of fused-ring (bicyclic) bond motifs is 2. The summed E-state index contributed by atoms with van der Waals surface area (Å²) in [4.78, 5) is 19.9. The topological polar surface area (TPSA) is 133 Å². The van der Waals surface area contributed by atoms with Crippen molar-refractivity contribution in [1.29, 1.82) is 0 Å². The Morgan fingerprint density at radius 1 is 0.977 bits per heavy atom. The normalized spacial score (nSPS) is 14.3. The number of aromatic nitrogens is 6. The van der Waals surface area contributed by atoms with Gasteiger partial charge in [0.15, 0.2) is 5.82 Å². The average Bonchev–Trinajstić information content (AvgIpc) is 3.75. The van der Waals surface area contributed by atoms with Crippen LogP contribution in [-0.4, -0.2) is 62.8 Å². The van der Waals surface area contributed by atoms with Crippen LogP contribution >= 0.6 is 0 Å². The Bertz CT molecular complexity index is 2080. The van der Waals surface area contributed by atoms with E-state index in [2.05, 4.69) is 40.8 Å². The van der Waals surface area contributed by atoms with Crippen molar-refractivity contribution in [3.05, 3.63) is 84.1 Å². The molecule has 43 heavy (non-hydrogen) atoms. The summed E-state index contributed by atoms with van der Waals surface area (Å²) < 4.78 is 40.2. The van der Waals surface area contributed by atoms with Crippen LogP contribution in [0.25, 0.3) is 55.8 Å². The van der Waals surface area contributed by atoms with Crippen molar-refractivity contribution in [2.75, 3.05) is 19.3 Å². The monoisotopic (exact) mass is 596 g/mol. The van der Waals surface area contributed by atoms with Crippen LogP contribution in [0.4, 0.5) is 4.39 Å². The van der Waals surface area contributed by atoms with E-state index in [0.717, 1.165) is 59.1 Å². The molecule has 0 radical (unpaired) electrons. The van der Waals surface area contributed by atoms with Crippen LogP contribution in [-0.2, 0) is 23.1 Å². The van der Waals surface area contributed by atoms with Gasteiger partial charge in [-0.25, -0.2) is 22.5 Å². The Labute approximate surface area is 247 Å². The van der Waals surface area contributed by atoms with E-state index in [0.29, 0.717) is 33.7 Å². The molecule has 0 amide bonds. The van der Waals surface area contributed by atoms with Gasteiger partial charge in [-0.15, -0.1) is 0 Å². The smallest absolute Gasteiger partial charge is 0.209 e. The molecule has 1 aliphatic rings. The summed E-state index contributed by atoms with van der Waals surface area (Å²) in [6.07, 6.45) is 9.06. The number of H-pyrrole nitrogens is 2. The van der Waals surface area contributed by atoms with Crippen molar-refractivity contribution >= 4 is 32.0 Å². The summed E-state index contributed by atoms with van der Waals surface area (Å²) in [5.41, 5.74) is 7.51. The van der Waals surface area contributed by atoms with Gasteiger partial charge in [0.1, 0.15) is 11.5 Å². The van der Waals surface area contributed by atoms with E-state index < -0.39 is 15.8 Å². The van der Waals surface area contributed by atoms with Gasteiger partial charge in [-0.2, -0.15) is 5.10 Å². The molecule has 12 heteroatoms. The first-order valence-electron chi connectivity index (χ1n) is 14.0. The predicted molar refractivity (Wildman–Crippen MR) is 164 cm³/mol. The van der Waals surface area contributed by atoms with Gasteiger partial charge in [-0.05, 0) is 79.0 Å². The second kappa shape index (κ2) is 11.0. The van der Waals surface area contributed by atoms with E-state index in [1.807, 2.05) is 36.7 Å². The fraction of sp³-hybridized carbons (Fsp3) is 0.226. The molecule has 1 saturated heterocycles. The second-order valence-corrected chi connectivity index (χ2v) is 12.8. The molecule has 6 aromatic rings. The fourth-order valence-corrected chi connectivity index (χ4v) is 6.10. The Morgan fingerprint density at radius 2 is 1.81 bits per heavy atom. The van der Waals surface area contributed by atoms with E-state index in [9.17, 15) is 12.8 Å². The molecule has 5 heterocycles. The van der Waals surface area contributed by atoms with Crippen LogP contribution in [0.3, 0.4) is 0 Å². The van der Waals surface area contributed by atoms with Crippen molar-refractivity contribution in [2.45, 2.75) is 25.9 Å². The number of rotatable bonds is 8. The third-order valence-corrected chi connectivity index (χ3v) is 8.36. The summed E-state index contributed by atoms with van der Waals surface area (Å²) in [5, 5.41) is 8.47. The number of nitrogens with zero attached hydrogens (tertiary/aromatic N) is 5. The van der Waals surface area contributed by atoms with E-state index in [1.165, 1.54) is 25.0 Å². The molecule has 1 fully saturated rings. The number of para-hydroxylation sites is 1. The van der Waals surface area contributed by atoms with Crippen LogP contribution in [0.5, 0.6) is 0 Å². The minimum Gasteiger partial charge on any atom is -0.337 e. The van der Waals surface area contributed by atoms with E-state index in [-0.39, 0.29) is 6.54 Å². The average molecular weight is 597 g/mol. The number of aromatic amines is 2. The first-order valence-corrected chi connectivity index (χ1v) is 15.9. The van der Waals surface area contributed by atoms with E-state index >= 15 is 0 Å². The van der Waals surface area contributed by atoms with Gasteiger partial charge in [0.2, 0.25) is 10.0 Å². The number of hydrogen-bond donors (Lipinski definition) is 3. The molecule has 0 saturated carbocycles. The lowest BCUT2D eigenvalue weighted by Crippen LogP contribution is -2.21. The minimum atomic E-state index is -3.42. The maximum Gasteiger partial charge on any atom is 0.209 e. The van der Waals surface area contributed by atoms with E-state index in [1.54, 1.807) is 12.3 Å². The van der Waals surface area contributed by atoms with Crippen LogP contribution in [0.15, 0.2) is 67.1 Å². The Morgan fingerprint density at radius 3 is 2.65 bits per heavy atom. The van der Waals surface area contributed by atoms with Crippen molar-refractivity contribution in [3.63, 3.8) is 0 Å². The zero-order valence-electron chi connectivity index (χ0n) is 23.4. The summed E-state index contributed by atoms with van der Waals surface area (Å²) in [6.45, 7) is 3.10. The van der Waals surface area contributed by atoms with Gasteiger partial charge in [0.05, 0.1) is 34.7 Å². The Hall–Kier alpha value is -4.52. The molecule has 0 bridgehead atoms. The molecule has 0 spiro atoms. The minimum absolute atomic E-state index is 0.0162. The standard InChI is InChI=1S/C31H29FN8O2S/c1-43(41,42)35-15-19-9-21(12-23(32)11-19)24-5-4-6-26-29(24)37-31(36-26)30-25-13-27(34-17-28(25)38-39-30)22-10-20(14-33-16-22)18-40-7-2-3-8-40/h4-6,9-14,16-17,35H,2-3,7-8,15,18H2,1H3,(H,36,37)(H,38,39). The molecule has 0 aliphatic carbocycles. The zero-order chi connectivity index (χ0) is 29.6. The van der Waals surface area contributed by atoms with E-state index in [4.69, 9.17) is 4.98 Å². The molecule has 2 aromatic carbocycles. The largest absolute Gasteiger partial charge is 0.337 e. The fourth-order valence-electron chi connectivity index (χ4n) is 5.67.